The Hall–Kier alpha value is -3.12. The molecular formula is C21H21N3O2S. The van der Waals surface area contributed by atoms with Gasteiger partial charge in [-0.25, -0.2) is 0 Å². The van der Waals surface area contributed by atoms with E-state index in [2.05, 4.69) is 16.2 Å². The fraction of sp³-hybridized carbons (Fsp3) is 0.143. The van der Waals surface area contributed by atoms with Crippen molar-refractivity contribution in [2.45, 2.75) is 13.8 Å². The summed E-state index contributed by atoms with van der Waals surface area (Å²) in [5.74, 6) is 0.313. The Morgan fingerprint density at radius 3 is 2.56 bits per heavy atom. The second kappa shape index (κ2) is 8.51. The lowest BCUT2D eigenvalue weighted by atomic mass is 10.1. The molecule has 0 bridgehead atoms. The minimum absolute atomic E-state index is 0.114. The van der Waals surface area contributed by atoms with E-state index in [0.717, 1.165) is 27.6 Å². The zero-order valence-corrected chi connectivity index (χ0v) is 16.0. The number of hydrogen-bond donors (Lipinski definition) is 3. The highest BCUT2D eigenvalue weighted by Gasteiger charge is 2.06. The third kappa shape index (κ3) is 4.95. The Bertz CT molecular complexity index is 988. The van der Waals surface area contributed by atoms with Gasteiger partial charge in [-0.2, -0.15) is 0 Å². The predicted molar refractivity (Wildman–Crippen MR) is 113 cm³/mol. The fourth-order valence-corrected chi connectivity index (χ4v) is 2.77. The Labute approximate surface area is 163 Å². The van der Waals surface area contributed by atoms with Gasteiger partial charge in [0.1, 0.15) is 5.75 Å². The SMILES string of the molecule is Cc1cccc(NC(=S)NNC(=O)COc2ccc3ccccc3c2)c1C. The molecule has 0 aromatic heterocycles. The first-order valence-electron chi connectivity index (χ1n) is 8.56. The highest BCUT2D eigenvalue weighted by Crippen LogP contribution is 2.20. The molecule has 0 aliphatic rings. The zero-order valence-electron chi connectivity index (χ0n) is 15.2. The lowest BCUT2D eigenvalue weighted by Crippen LogP contribution is -2.45. The number of carbonyl (C=O) groups excluding carboxylic acids is 1. The molecule has 6 heteroatoms. The van der Waals surface area contributed by atoms with Gasteiger partial charge in [-0.05, 0) is 66.2 Å². The van der Waals surface area contributed by atoms with Gasteiger partial charge in [0, 0.05) is 5.69 Å². The molecule has 3 aromatic rings. The minimum atomic E-state index is -0.326. The van der Waals surface area contributed by atoms with Crippen LogP contribution in [-0.2, 0) is 4.79 Å². The molecule has 3 aromatic carbocycles. The van der Waals surface area contributed by atoms with Crippen LogP contribution in [0.3, 0.4) is 0 Å². The van der Waals surface area contributed by atoms with Crippen LogP contribution in [0.2, 0.25) is 0 Å². The van der Waals surface area contributed by atoms with Crippen LogP contribution in [0.4, 0.5) is 5.69 Å². The number of ether oxygens (including phenoxy) is 1. The molecule has 0 radical (unpaired) electrons. The maximum atomic E-state index is 12.0. The quantitative estimate of drug-likeness (QED) is 0.475. The topological polar surface area (TPSA) is 62.4 Å². The molecule has 0 aliphatic heterocycles. The number of hydrazine groups is 1. The average molecular weight is 379 g/mol. The standard InChI is InChI=1S/C21H21N3O2S/c1-14-6-5-9-19(15(14)2)22-21(27)24-23-20(25)13-26-18-11-10-16-7-3-4-8-17(16)12-18/h3-12H,13H2,1-2H3,(H,23,25)(H2,22,24,27). The van der Waals surface area contributed by atoms with Crippen LogP contribution in [0.25, 0.3) is 10.8 Å². The van der Waals surface area contributed by atoms with Crippen LogP contribution < -0.4 is 20.9 Å². The van der Waals surface area contributed by atoms with E-state index >= 15 is 0 Å². The number of amides is 1. The maximum Gasteiger partial charge on any atom is 0.276 e. The summed E-state index contributed by atoms with van der Waals surface area (Å²) < 4.78 is 5.55. The molecule has 1 amide bonds. The molecule has 0 aliphatic carbocycles. The smallest absolute Gasteiger partial charge is 0.276 e. The van der Waals surface area contributed by atoms with Crippen molar-refractivity contribution >= 4 is 39.7 Å². The normalized spacial score (nSPS) is 10.3. The van der Waals surface area contributed by atoms with Gasteiger partial charge in [-0.3, -0.25) is 15.6 Å². The first-order chi connectivity index (χ1) is 13.0. The van der Waals surface area contributed by atoms with Crippen molar-refractivity contribution in [3.8, 4) is 5.75 Å². The first kappa shape index (κ1) is 18.7. The predicted octanol–water partition coefficient (Wildman–Crippen LogP) is 3.85. The van der Waals surface area contributed by atoms with Crippen LogP contribution in [0, 0.1) is 13.8 Å². The number of benzene rings is 3. The van der Waals surface area contributed by atoms with Crippen LogP contribution in [0.1, 0.15) is 11.1 Å². The summed E-state index contributed by atoms with van der Waals surface area (Å²) in [6, 6.07) is 19.6. The van der Waals surface area contributed by atoms with Gasteiger partial charge in [-0.1, -0.05) is 42.5 Å². The molecule has 0 saturated carbocycles. The molecule has 3 N–H and O–H groups in total. The number of nitrogens with one attached hydrogen (secondary N) is 3. The Balaban J connectivity index is 1.47. The van der Waals surface area contributed by atoms with Crippen molar-refractivity contribution in [2.75, 3.05) is 11.9 Å². The van der Waals surface area contributed by atoms with Crippen LogP contribution in [0.5, 0.6) is 5.75 Å². The molecule has 0 saturated heterocycles. The van der Waals surface area contributed by atoms with E-state index in [4.69, 9.17) is 17.0 Å². The maximum absolute atomic E-state index is 12.0. The number of thiocarbonyl (C=S) groups is 1. The van der Waals surface area contributed by atoms with Crippen LogP contribution in [-0.4, -0.2) is 17.6 Å². The molecule has 0 heterocycles. The van der Waals surface area contributed by atoms with E-state index < -0.39 is 0 Å². The highest BCUT2D eigenvalue weighted by molar-refractivity contribution is 7.80. The third-order valence-corrected chi connectivity index (χ3v) is 4.46. The van der Waals surface area contributed by atoms with E-state index in [1.165, 1.54) is 0 Å². The van der Waals surface area contributed by atoms with E-state index in [-0.39, 0.29) is 12.5 Å². The van der Waals surface area contributed by atoms with Crippen LogP contribution >= 0.6 is 12.2 Å². The summed E-state index contributed by atoms with van der Waals surface area (Å²) in [4.78, 5) is 12.0. The van der Waals surface area contributed by atoms with Crippen molar-refractivity contribution in [3.63, 3.8) is 0 Å². The summed E-state index contributed by atoms with van der Waals surface area (Å²) in [6.07, 6.45) is 0. The van der Waals surface area contributed by atoms with Crippen molar-refractivity contribution in [2.24, 2.45) is 0 Å². The van der Waals surface area contributed by atoms with E-state index in [1.54, 1.807) is 0 Å². The lowest BCUT2D eigenvalue weighted by molar-refractivity contribution is -0.123. The van der Waals surface area contributed by atoms with Crippen molar-refractivity contribution in [1.29, 1.82) is 0 Å². The van der Waals surface area contributed by atoms with Gasteiger partial charge in [0.05, 0.1) is 0 Å². The van der Waals surface area contributed by atoms with Gasteiger partial charge < -0.3 is 10.1 Å². The van der Waals surface area contributed by atoms with E-state index in [0.29, 0.717) is 10.9 Å². The van der Waals surface area contributed by atoms with Crippen LogP contribution in [0.15, 0.2) is 60.7 Å². The molecule has 27 heavy (non-hydrogen) atoms. The third-order valence-electron chi connectivity index (χ3n) is 4.26. The van der Waals surface area contributed by atoms with Gasteiger partial charge in [0.25, 0.3) is 5.91 Å². The summed E-state index contributed by atoms with van der Waals surface area (Å²) in [5.41, 5.74) is 8.38. The van der Waals surface area contributed by atoms with E-state index in [9.17, 15) is 4.79 Å². The number of rotatable bonds is 4. The van der Waals surface area contributed by atoms with Gasteiger partial charge in [0.15, 0.2) is 11.7 Å². The second-order valence-electron chi connectivity index (χ2n) is 6.17. The number of carbonyl (C=O) groups is 1. The summed E-state index contributed by atoms with van der Waals surface area (Å²) >= 11 is 5.21. The number of anilines is 1. The Morgan fingerprint density at radius 1 is 0.963 bits per heavy atom. The molecule has 3 rings (SSSR count). The van der Waals surface area contributed by atoms with Gasteiger partial charge >= 0.3 is 0 Å². The number of aryl methyl sites for hydroxylation is 1. The molecule has 0 spiro atoms. The monoisotopic (exact) mass is 379 g/mol. The minimum Gasteiger partial charge on any atom is -0.484 e. The lowest BCUT2D eigenvalue weighted by Gasteiger charge is -2.14. The van der Waals surface area contributed by atoms with Crippen molar-refractivity contribution in [1.82, 2.24) is 10.9 Å². The van der Waals surface area contributed by atoms with Gasteiger partial charge in [-0.15, -0.1) is 0 Å². The molecule has 0 atom stereocenters. The molecule has 0 unspecified atom stereocenters. The summed E-state index contributed by atoms with van der Waals surface area (Å²) in [5, 5.41) is 5.56. The highest BCUT2D eigenvalue weighted by atomic mass is 32.1. The molecule has 138 valence electrons. The average Bonchev–Trinajstić information content (AvgIpc) is 2.68. The first-order valence-corrected chi connectivity index (χ1v) is 8.97. The largest absolute Gasteiger partial charge is 0.484 e. The number of hydrogen-bond acceptors (Lipinski definition) is 3. The summed E-state index contributed by atoms with van der Waals surface area (Å²) in [6.45, 7) is 3.93. The summed E-state index contributed by atoms with van der Waals surface area (Å²) in [7, 11) is 0. The van der Waals surface area contributed by atoms with Gasteiger partial charge in [0.2, 0.25) is 0 Å². The Kier molecular flexibility index (Phi) is 5.88. The second-order valence-corrected chi connectivity index (χ2v) is 6.58. The van der Waals surface area contributed by atoms with Crippen molar-refractivity contribution < 1.29 is 9.53 Å². The molecule has 5 nitrogen and oxygen atoms in total. The Morgan fingerprint density at radius 2 is 1.74 bits per heavy atom. The molecule has 0 fully saturated rings. The molecular weight excluding hydrogens is 358 g/mol. The van der Waals surface area contributed by atoms with E-state index in [1.807, 2.05) is 74.5 Å². The number of fused-ring (bicyclic) bond motifs is 1. The fourth-order valence-electron chi connectivity index (χ4n) is 2.61. The zero-order chi connectivity index (χ0) is 19.2. The van der Waals surface area contributed by atoms with Crippen molar-refractivity contribution in [3.05, 3.63) is 71.8 Å².